The van der Waals surface area contributed by atoms with Crippen molar-refractivity contribution in [3.8, 4) is 0 Å². The molecule has 0 bridgehead atoms. The van der Waals surface area contributed by atoms with E-state index in [1.54, 1.807) is 0 Å². The number of rotatable bonds is 8. The molecule has 0 spiro atoms. The van der Waals surface area contributed by atoms with Crippen molar-refractivity contribution in [3.05, 3.63) is 17.5 Å². The molecule has 1 heterocycles. The molecule has 1 rings (SSSR count). The van der Waals surface area contributed by atoms with E-state index in [0.29, 0.717) is 6.04 Å². The summed E-state index contributed by atoms with van der Waals surface area (Å²) < 4.78 is 2.01. The van der Waals surface area contributed by atoms with Gasteiger partial charge < -0.3 is 5.32 Å². The Labute approximate surface area is 116 Å². The summed E-state index contributed by atoms with van der Waals surface area (Å²) in [6, 6.07) is 2.74. The van der Waals surface area contributed by atoms with Crippen LogP contribution in [0.4, 0.5) is 0 Å². The predicted octanol–water partition coefficient (Wildman–Crippen LogP) is 2.78. The molecule has 104 valence electrons. The minimum absolute atomic E-state index is 0.545. The molecule has 0 saturated carbocycles. The fourth-order valence-corrected chi connectivity index (χ4v) is 3.02. The van der Waals surface area contributed by atoms with E-state index < -0.39 is 0 Å². The van der Waals surface area contributed by atoms with Crippen LogP contribution in [0.25, 0.3) is 0 Å². The Morgan fingerprint density at radius 1 is 1.44 bits per heavy atom. The molecule has 2 unspecified atom stereocenters. The zero-order valence-electron chi connectivity index (χ0n) is 12.4. The summed E-state index contributed by atoms with van der Waals surface area (Å²) in [5.41, 5.74) is 2.43. The summed E-state index contributed by atoms with van der Waals surface area (Å²) in [6.45, 7) is 9.82. The average molecular weight is 269 g/mol. The molecule has 0 aliphatic carbocycles. The number of hydrogen-bond acceptors (Lipinski definition) is 3. The van der Waals surface area contributed by atoms with Crippen LogP contribution in [-0.2, 0) is 13.5 Å². The fourth-order valence-electron chi connectivity index (χ4n) is 1.98. The molecule has 0 aliphatic heterocycles. The third-order valence-corrected chi connectivity index (χ3v) is 4.70. The Balaban J connectivity index is 2.54. The van der Waals surface area contributed by atoms with Gasteiger partial charge in [0.2, 0.25) is 0 Å². The molecule has 3 nitrogen and oxygen atoms in total. The lowest BCUT2D eigenvalue weighted by molar-refractivity contribution is 0.548. The molecule has 0 radical (unpaired) electrons. The van der Waals surface area contributed by atoms with Gasteiger partial charge in [0.05, 0.1) is 5.69 Å². The van der Waals surface area contributed by atoms with Gasteiger partial charge in [-0.1, -0.05) is 20.8 Å². The SMILES string of the molecule is CCNC(CSC(C)CC)Cc1cc(C)nn1C. The summed E-state index contributed by atoms with van der Waals surface area (Å²) in [5.74, 6) is 1.17. The first-order valence-electron chi connectivity index (χ1n) is 6.91. The highest BCUT2D eigenvalue weighted by Crippen LogP contribution is 2.16. The van der Waals surface area contributed by atoms with Crippen LogP contribution < -0.4 is 5.32 Å². The topological polar surface area (TPSA) is 29.9 Å². The van der Waals surface area contributed by atoms with Gasteiger partial charge in [0.15, 0.2) is 0 Å². The lowest BCUT2D eigenvalue weighted by Crippen LogP contribution is -2.34. The Kier molecular flexibility index (Phi) is 6.79. The second-order valence-corrected chi connectivity index (χ2v) is 6.38. The molecule has 1 aromatic heterocycles. The van der Waals surface area contributed by atoms with Crippen LogP contribution in [0.1, 0.15) is 38.6 Å². The van der Waals surface area contributed by atoms with E-state index in [1.165, 1.54) is 17.9 Å². The lowest BCUT2D eigenvalue weighted by atomic mass is 10.1. The van der Waals surface area contributed by atoms with E-state index in [-0.39, 0.29) is 0 Å². The van der Waals surface area contributed by atoms with Crippen LogP contribution in [-0.4, -0.2) is 33.4 Å². The number of nitrogens with one attached hydrogen (secondary N) is 1. The van der Waals surface area contributed by atoms with E-state index in [2.05, 4.69) is 55.9 Å². The summed E-state index contributed by atoms with van der Waals surface area (Å²) in [6.07, 6.45) is 2.31. The monoisotopic (exact) mass is 269 g/mol. The molecular formula is C14H27N3S. The first kappa shape index (κ1) is 15.6. The molecule has 1 aromatic rings. The van der Waals surface area contributed by atoms with E-state index in [0.717, 1.165) is 23.9 Å². The maximum Gasteiger partial charge on any atom is 0.0596 e. The Morgan fingerprint density at radius 2 is 2.17 bits per heavy atom. The minimum Gasteiger partial charge on any atom is -0.313 e. The highest BCUT2D eigenvalue weighted by molar-refractivity contribution is 7.99. The van der Waals surface area contributed by atoms with Crippen molar-refractivity contribution < 1.29 is 0 Å². The highest BCUT2D eigenvalue weighted by Gasteiger charge is 2.13. The molecule has 4 heteroatoms. The van der Waals surface area contributed by atoms with E-state index >= 15 is 0 Å². The predicted molar refractivity (Wildman–Crippen MR) is 81.3 cm³/mol. The molecule has 0 aliphatic rings. The Morgan fingerprint density at radius 3 is 2.67 bits per heavy atom. The number of aromatic nitrogens is 2. The molecule has 18 heavy (non-hydrogen) atoms. The third-order valence-electron chi connectivity index (χ3n) is 3.20. The summed E-state index contributed by atoms with van der Waals surface area (Å²) in [4.78, 5) is 0. The van der Waals surface area contributed by atoms with Crippen LogP contribution >= 0.6 is 11.8 Å². The number of thioether (sulfide) groups is 1. The van der Waals surface area contributed by atoms with Crippen molar-refractivity contribution in [2.24, 2.45) is 7.05 Å². The number of hydrogen-bond donors (Lipinski definition) is 1. The molecule has 0 aromatic carbocycles. The van der Waals surface area contributed by atoms with Crippen LogP contribution in [0.3, 0.4) is 0 Å². The zero-order chi connectivity index (χ0) is 13.5. The molecule has 0 saturated heterocycles. The fraction of sp³-hybridized carbons (Fsp3) is 0.786. The van der Waals surface area contributed by atoms with Gasteiger partial charge in [-0.15, -0.1) is 0 Å². The van der Waals surface area contributed by atoms with Gasteiger partial charge in [0.25, 0.3) is 0 Å². The second kappa shape index (κ2) is 7.85. The average Bonchev–Trinajstić information content (AvgIpc) is 2.64. The number of nitrogens with zero attached hydrogens (tertiary/aromatic N) is 2. The van der Waals surface area contributed by atoms with Gasteiger partial charge in [-0.2, -0.15) is 16.9 Å². The van der Waals surface area contributed by atoms with Gasteiger partial charge in [-0.05, 0) is 26.0 Å². The van der Waals surface area contributed by atoms with E-state index in [9.17, 15) is 0 Å². The van der Waals surface area contributed by atoms with Gasteiger partial charge in [0, 0.05) is 36.2 Å². The summed E-state index contributed by atoms with van der Waals surface area (Å²) in [7, 11) is 2.03. The lowest BCUT2D eigenvalue weighted by Gasteiger charge is -2.19. The van der Waals surface area contributed by atoms with Gasteiger partial charge in [-0.25, -0.2) is 0 Å². The van der Waals surface area contributed by atoms with Gasteiger partial charge in [0.1, 0.15) is 0 Å². The van der Waals surface area contributed by atoms with Crippen molar-refractivity contribution in [3.63, 3.8) is 0 Å². The van der Waals surface area contributed by atoms with Crippen molar-refractivity contribution in [2.45, 2.75) is 51.8 Å². The number of likely N-dealkylation sites (N-methyl/N-ethyl adjacent to an activating group) is 1. The van der Waals surface area contributed by atoms with Crippen LogP contribution in [0.15, 0.2) is 6.07 Å². The Bertz CT molecular complexity index is 349. The van der Waals surface area contributed by atoms with Crippen molar-refractivity contribution in [1.29, 1.82) is 0 Å². The van der Waals surface area contributed by atoms with Crippen molar-refractivity contribution in [2.75, 3.05) is 12.3 Å². The van der Waals surface area contributed by atoms with Crippen LogP contribution in [0, 0.1) is 6.92 Å². The maximum absolute atomic E-state index is 4.42. The van der Waals surface area contributed by atoms with Gasteiger partial charge in [-0.3, -0.25) is 4.68 Å². The Hall–Kier alpha value is -0.480. The van der Waals surface area contributed by atoms with Crippen LogP contribution in [0.5, 0.6) is 0 Å². The molecule has 2 atom stereocenters. The summed E-state index contributed by atoms with van der Waals surface area (Å²) in [5, 5.41) is 8.75. The van der Waals surface area contributed by atoms with Crippen molar-refractivity contribution in [1.82, 2.24) is 15.1 Å². The van der Waals surface area contributed by atoms with Gasteiger partial charge >= 0.3 is 0 Å². The summed E-state index contributed by atoms with van der Waals surface area (Å²) >= 11 is 2.06. The molecular weight excluding hydrogens is 242 g/mol. The van der Waals surface area contributed by atoms with Crippen molar-refractivity contribution >= 4 is 11.8 Å². The quantitative estimate of drug-likeness (QED) is 0.787. The zero-order valence-corrected chi connectivity index (χ0v) is 13.2. The third kappa shape index (κ3) is 5.02. The smallest absolute Gasteiger partial charge is 0.0596 e. The molecule has 0 fully saturated rings. The molecule has 1 N–H and O–H groups in total. The van der Waals surface area contributed by atoms with E-state index in [4.69, 9.17) is 0 Å². The minimum atomic E-state index is 0.545. The normalized spacial score (nSPS) is 14.7. The standard InChI is InChI=1S/C14H27N3S/c1-6-12(4)18-10-13(15-7-2)9-14-8-11(3)16-17(14)5/h8,12-13,15H,6-7,9-10H2,1-5H3. The largest absolute Gasteiger partial charge is 0.313 e. The van der Waals surface area contributed by atoms with Crippen LogP contribution in [0.2, 0.25) is 0 Å². The first-order valence-corrected chi connectivity index (χ1v) is 7.96. The maximum atomic E-state index is 4.42. The highest BCUT2D eigenvalue weighted by atomic mass is 32.2. The van der Waals surface area contributed by atoms with E-state index in [1.807, 2.05) is 11.7 Å². The number of aryl methyl sites for hydroxylation is 2. The molecule has 0 amide bonds. The first-order chi connectivity index (χ1) is 8.56. The second-order valence-electron chi connectivity index (χ2n) is 4.91.